The molecule has 0 fully saturated rings. The van der Waals surface area contributed by atoms with Crippen molar-refractivity contribution in [2.45, 2.75) is 19.8 Å². The Balaban J connectivity index is 2.79. The minimum atomic E-state index is -0.822. The number of methoxy groups -OCH3 is 4. The molecule has 0 bridgehead atoms. The number of carbonyl (C=O) groups is 2. The molecule has 0 aromatic heterocycles. The monoisotopic (exact) mass is 377 g/mol. The van der Waals surface area contributed by atoms with E-state index >= 15 is 0 Å². The SMILES string of the molecule is COC(=O)C1=C(C)NC(C)=C(C(=O)OC)C1c1cc(O)c(OC)c(OC)c1. The summed E-state index contributed by atoms with van der Waals surface area (Å²) in [5, 5.41) is 13.4. The lowest BCUT2D eigenvalue weighted by Gasteiger charge is -2.30. The highest BCUT2D eigenvalue weighted by Crippen LogP contribution is 2.45. The zero-order valence-corrected chi connectivity index (χ0v) is 16.1. The summed E-state index contributed by atoms with van der Waals surface area (Å²) in [5.74, 6) is -1.81. The number of carbonyl (C=O) groups excluding carboxylic acids is 2. The number of rotatable bonds is 5. The van der Waals surface area contributed by atoms with E-state index in [4.69, 9.17) is 18.9 Å². The Morgan fingerprint density at radius 3 is 1.85 bits per heavy atom. The van der Waals surface area contributed by atoms with Gasteiger partial charge in [-0.15, -0.1) is 0 Å². The first kappa shape index (κ1) is 20.2. The van der Waals surface area contributed by atoms with Gasteiger partial charge in [0.1, 0.15) is 0 Å². The van der Waals surface area contributed by atoms with Gasteiger partial charge in [-0.1, -0.05) is 0 Å². The number of hydrogen-bond acceptors (Lipinski definition) is 8. The van der Waals surface area contributed by atoms with Gasteiger partial charge in [0.15, 0.2) is 11.5 Å². The van der Waals surface area contributed by atoms with Crippen LogP contribution in [-0.4, -0.2) is 45.5 Å². The smallest absolute Gasteiger partial charge is 0.336 e. The molecule has 0 saturated heterocycles. The number of ether oxygens (including phenoxy) is 4. The summed E-state index contributed by atoms with van der Waals surface area (Å²) in [4.78, 5) is 24.9. The zero-order valence-electron chi connectivity index (χ0n) is 16.1. The van der Waals surface area contributed by atoms with Gasteiger partial charge in [-0.3, -0.25) is 0 Å². The van der Waals surface area contributed by atoms with Gasteiger partial charge in [0.2, 0.25) is 5.75 Å². The van der Waals surface area contributed by atoms with Crippen LogP contribution in [0.4, 0.5) is 0 Å². The molecule has 0 spiro atoms. The number of benzene rings is 1. The first-order chi connectivity index (χ1) is 12.8. The van der Waals surface area contributed by atoms with Gasteiger partial charge in [0.05, 0.1) is 45.5 Å². The van der Waals surface area contributed by atoms with Crippen LogP contribution in [0.5, 0.6) is 17.2 Å². The number of dihydropyridines is 1. The van der Waals surface area contributed by atoms with Crippen LogP contribution in [-0.2, 0) is 19.1 Å². The first-order valence-corrected chi connectivity index (χ1v) is 8.10. The Hall–Kier alpha value is -3.16. The highest BCUT2D eigenvalue weighted by molar-refractivity contribution is 5.99. The molecule has 2 rings (SSSR count). The van der Waals surface area contributed by atoms with Gasteiger partial charge >= 0.3 is 11.9 Å². The van der Waals surface area contributed by atoms with Gasteiger partial charge in [-0.25, -0.2) is 9.59 Å². The molecule has 0 radical (unpaired) electrons. The average Bonchev–Trinajstić information content (AvgIpc) is 2.65. The molecule has 1 aliphatic heterocycles. The lowest BCUT2D eigenvalue weighted by molar-refractivity contribution is -0.137. The molecule has 8 nitrogen and oxygen atoms in total. The molecule has 0 unspecified atom stereocenters. The molecule has 0 aliphatic carbocycles. The molecule has 0 saturated carbocycles. The second kappa shape index (κ2) is 8.03. The summed E-state index contributed by atoms with van der Waals surface area (Å²) in [6.07, 6.45) is 0. The largest absolute Gasteiger partial charge is 0.504 e. The summed E-state index contributed by atoms with van der Waals surface area (Å²) in [6.45, 7) is 3.41. The standard InChI is InChI=1S/C19H23NO7/c1-9-14(18(22)26-5)16(15(10(2)20-9)19(23)27-6)11-7-12(21)17(25-4)13(8-11)24-3/h7-8,16,20-21H,1-6H3. The van der Waals surface area contributed by atoms with E-state index in [0.717, 1.165) is 0 Å². The fourth-order valence-corrected chi connectivity index (χ4v) is 3.22. The average molecular weight is 377 g/mol. The Labute approximate surface area is 157 Å². The molecule has 1 heterocycles. The van der Waals surface area contributed by atoms with Crippen LogP contribution in [0.2, 0.25) is 0 Å². The molecular weight excluding hydrogens is 354 g/mol. The maximum Gasteiger partial charge on any atom is 0.336 e. The van der Waals surface area contributed by atoms with Crippen molar-refractivity contribution in [3.8, 4) is 17.2 Å². The van der Waals surface area contributed by atoms with Gasteiger partial charge in [0.25, 0.3) is 0 Å². The molecule has 0 amide bonds. The van der Waals surface area contributed by atoms with Crippen LogP contribution in [0, 0.1) is 0 Å². The molecule has 8 heteroatoms. The maximum absolute atomic E-state index is 12.5. The molecule has 146 valence electrons. The lowest BCUT2D eigenvalue weighted by Crippen LogP contribution is -2.32. The number of phenolic OH excluding ortho intramolecular Hbond substituents is 1. The predicted molar refractivity (Wildman–Crippen MR) is 96.5 cm³/mol. The van der Waals surface area contributed by atoms with Crippen molar-refractivity contribution in [2.24, 2.45) is 0 Å². The second-order valence-corrected chi connectivity index (χ2v) is 5.89. The zero-order chi connectivity index (χ0) is 20.3. The van der Waals surface area contributed by atoms with E-state index in [1.54, 1.807) is 19.9 Å². The van der Waals surface area contributed by atoms with Crippen LogP contribution >= 0.6 is 0 Å². The van der Waals surface area contributed by atoms with E-state index in [2.05, 4.69) is 5.32 Å². The number of phenols is 1. The van der Waals surface area contributed by atoms with Crippen molar-refractivity contribution in [1.82, 2.24) is 5.32 Å². The van der Waals surface area contributed by atoms with Crippen LogP contribution in [0.15, 0.2) is 34.7 Å². The van der Waals surface area contributed by atoms with Crippen molar-refractivity contribution in [2.75, 3.05) is 28.4 Å². The van der Waals surface area contributed by atoms with E-state index < -0.39 is 17.9 Å². The number of hydrogen-bond donors (Lipinski definition) is 2. The van der Waals surface area contributed by atoms with E-state index in [-0.39, 0.29) is 28.4 Å². The van der Waals surface area contributed by atoms with E-state index in [1.807, 2.05) is 0 Å². The topological polar surface area (TPSA) is 103 Å². The second-order valence-electron chi connectivity index (χ2n) is 5.89. The minimum absolute atomic E-state index is 0.149. The summed E-state index contributed by atoms with van der Waals surface area (Å²) >= 11 is 0. The van der Waals surface area contributed by atoms with E-state index in [9.17, 15) is 14.7 Å². The van der Waals surface area contributed by atoms with E-state index in [1.165, 1.54) is 34.5 Å². The van der Waals surface area contributed by atoms with Gasteiger partial charge in [-0.2, -0.15) is 0 Å². The Bertz CT molecular complexity index is 801. The molecule has 2 N–H and O–H groups in total. The van der Waals surface area contributed by atoms with Crippen molar-refractivity contribution in [3.63, 3.8) is 0 Å². The van der Waals surface area contributed by atoms with Crippen LogP contribution < -0.4 is 14.8 Å². The Morgan fingerprint density at radius 1 is 0.926 bits per heavy atom. The van der Waals surface area contributed by atoms with Gasteiger partial charge in [-0.05, 0) is 31.5 Å². The lowest BCUT2D eigenvalue weighted by atomic mass is 9.80. The molecule has 0 atom stereocenters. The molecule has 1 aromatic carbocycles. The van der Waals surface area contributed by atoms with Crippen LogP contribution in [0.1, 0.15) is 25.3 Å². The van der Waals surface area contributed by atoms with Crippen molar-refractivity contribution in [3.05, 3.63) is 40.2 Å². The van der Waals surface area contributed by atoms with Crippen molar-refractivity contribution >= 4 is 11.9 Å². The Morgan fingerprint density at radius 2 is 1.44 bits per heavy atom. The number of esters is 2. The third kappa shape index (κ3) is 3.55. The van der Waals surface area contributed by atoms with Crippen molar-refractivity contribution < 1.29 is 33.6 Å². The summed E-state index contributed by atoms with van der Waals surface area (Å²) in [6, 6.07) is 3.02. The number of aromatic hydroxyl groups is 1. The van der Waals surface area contributed by atoms with Gasteiger partial charge < -0.3 is 29.4 Å². The third-order valence-corrected chi connectivity index (χ3v) is 4.39. The van der Waals surface area contributed by atoms with E-state index in [0.29, 0.717) is 17.0 Å². The molecular formula is C19H23NO7. The minimum Gasteiger partial charge on any atom is -0.504 e. The molecule has 1 aromatic rings. The Kier molecular flexibility index (Phi) is 5.99. The predicted octanol–water partition coefficient (Wildman–Crippen LogP) is 1.99. The number of allylic oxidation sites excluding steroid dienone is 2. The fraction of sp³-hybridized carbons (Fsp3) is 0.368. The highest BCUT2D eigenvalue weighted by Gasteiger charge is 2.38. The number of nitrogens with one attached hydrogen (secondary N) is 1. The third-order valence-electron chi connectivity index (χ3n) is 4.39. The quantitative estimate of drug-likeness (QED) is 0.751. The molecule has 27 heavy (non-hydrogen) atoms. The van der Waals surface area contributed by atoms with Crippen LogP contribution in [0.25, 0.3) is 0 Å². The maximum atomic E-state index is 12.5. The normalized spacial score (nSPS) is 14.6. The highest BCUT2D eigenvalue weighted by atomic mass is 16.5. The van der Waals surface area contributed by atoms with Gasteiger partial charge in [0, 0.05) is 11.4 Å². The van der Waals surface area contributed by atoms with Crippen LogP contribution in [0.3, 0.4) is 0 Å². The fourth-order valence-electron chi connectivity index (χ4n) is 3.22. The van der Waals surface area contributed by atoms with Crippen molar-refractivity contribution in [1.29, 1.82) is 0 Å². The summed E-state index contributed by atoms with van der Waals surface area (Å²) < 4.78 is 20.3. The summed E-state index contributed by atoms with van der Waals surface area (Å²) in [5.41, 5.74) is 1.98. The summed E-state index contributed by atoms with van der Waals surface area (Å²) in [7, 11) is 5.34. The first-order valence-electron chi connectivity index (χ1n) is 8.10. The molecule has 1 aliphatic rings.